The van der Waals surface area contributed by atoms with Crippen molar-refractivity contribution in [1.29, 1.82) is 0 Å². The first-order chi connectivity index (χ1) is 6.54. The molecule has 78 valence electrons. The molecule has 0 radical (unpaired) electrons. The van der Waals surface area contributed by atoms with Crippen LogP contribution in [0.3, 0.4) is 0 Å². The number of carboxylic acid groups (broad SMARTS) is 1. The summed E-state index contributed by atoms with van der Waals surface area (Å²) in [5, 5.41) is 8.43. The number of carbonyl (C=O) groups is 1. The average molecular weight is 197 g/mol. The van der Waals surface area contributed by atoms with Gasteiger partial charge in [-0.15, -0.1) is 11.8 Å². The number of carboxylic acids is 1. The van der Waals surface area contributed by atoms with Crippen molar-refractivity contribution >= 4 is 11.8 Å². The zero-order valence-electron chi connectivity index (χ0n) is 8.16. The van der Waals surface area contributed by atoms with Crippen molar-refractivity contribution < 1.29 is 9.90 Å². The minimum atomic E-state index is -1.03. The summed E-state index contributed by atoms with van der Waals surface area (Å²) in [5.41, 5.74) is 10.5. The van der Waals surface area contributed by atoms with Crippen LogP contribution in [0.2, 0.25) is 0 Å². The third kappa shape index (κ3) is 7.13. The fourth-order valence-electron chi connectivity index (χ4n) is 0.646. The van der Waals surface area contributed by atoms with Crippen LogP contribution in [0.1, 0.15) is 19.8 Å². The summed E-state index contributed by atoms with van der Waals surface area (Å²) in [4.78, 5) is 14.2. The summed E-state index contributed by atoms with van der Waals surface area (Å²) in [5.74, 6) is 4.93. The molecule has 0 bridgehead atoms. The number of hydrogen-bond acceptors (Lipinski definition) is 3. The average Bonchev–Trinajstić information content (AvgIpc) is 2.09. The molecule has 5 N–H and O–H groups in total. The van der Waals surface area contributed by atoms with Crippen LogP contribution >= 0.6 is 0 Å². The van der Waals surface area contributed by atoms with Crippen molar-refractivity contribution in [3.05, 3.63) is 0 Å². The number of aliphatic imine (C=N–C) groups is 1. The number of hydrogen-bond donors (Lipinski definition) is 3. The lowest BCUT2D eigenvalue weighted by molar-refractivity contribution is -0.138. The van der Waals surface area contributed by atoms with E-state index in [9.17, 15) is 4.79 Å². The van der Waals surface area contributed by atoms with Crippen LogP contribution in [0.15, 0.2) is 4.99 Å². The molecule has 1 atom stereocenters. The Morgan fingerprint density at radius 3 is 2.71 bits per heavy atom. The maximum absolute atomic E-state index is 10.3. The first-order valence-corrected chi connectivity index (χ1v) is 4.24. The van der Waals surface area contributed by atoms with E-state index in [-0.39, 0.29) is 6.42 Å². The van der Waals surface area contributed by atoms with Crippen LogP contribution in [0, 0.1) is 11.8 Å². The van der Waals surface area contributed by atoms with E-state index in [1.165, 1.54) is 0 Å². The highest BCUT2D eigenvalue weighted by Gasteiger charge is 2.07. The zero-order valence-corrected chi connectivity index (χ0v) is 8.16. The number of nitrogens with zero attached hydrogens (tertiary/aromatic N) is 1. The molecule has 0 heterocycles. The van der Waals surface area contributed by atoms with E-state index >= 15 is 0 Å². The van der Waals surface area contributed by atoms with Crippen molar-refractivity contribution in [2.24, 2.45) is 16.5 Å². The highest BCUT2D eigenvalue weighted by Crippen LogP contribution is 1.86. The van der Waals surface area contributed by atoms with Gasteiger partial charge in [-0.05, 0) is 6.92 Å². The predicted molar refractivity (Wildman–Crippen MR) is 54.8 cm³/mol. The van der Waals surface area contributed by atoms with Gasteiger partial charge in [0.15, 0.2) is 0 Å². The van der Waals surface area contributed by atoms with Crippen LogP contribution in [-0.4, -0.2) is 29.5 Å². The molecule has 0 fully saturated rings. The number of amidine groups is 1. The molecule has 5 heteroatoms. The lowest BCUT2D eigenvalue weighted by Gasteiger charge is -1.97. The predicted octanol–water partition coefficient (Wildman–Crippen LogP) is -0.441. The lowest BCUT2D eigenvalue weighted by Crippen LogP contribution is -2.29. The van der Waals surface area contributed by atoms with E-state index in [1.807, 2.05) is 0 Å². The van der Waals surface area contributed by atoms with Crippen LogP contribution in [0.5, 0.6) is 0 Å². The Morgan fingerprint density at radius 1 is 1.57 bits per heavy atom. The van der Waals surface area contributed by atoms with E-state index in [1.54, 1.807) is 6.92 Å². The number of nitrogens with two attached hydrogens (primary N) is 2. The highest BCUT2D eigenvalue weighted by molar-refractivity contribution is 5.77. The van der Waals surface area contributed by atoms with Gasteiger partial charge in [0.1, 0.15) is 6.04 Å². The zero-order chi connectivity index (χ0) is 11.0. The summed E-state index contributed by atoms with van der Waals surface area (Å²) >= 11 is 0. The Morgan fingerprint density at radius 2 is 2.21 bits per heavy atom. The first-order valence-electron chi connectivity index (χ1n) is 4.24. The molecule has 0 aliphatic carbocycles. The van der Waals surface area contributed by atoms with E-state index < -0.39 is 12.0 Å². The van der Waals surface area contributed by atoms with Gasteiger partial charge in [-0.1, -0.05) is 0 Å². The topological polar surface area (TPSA) is 102 Å². The molecule has 0 spiro atoms. The second kappa shape index (κ2) is 6.92. The summed E-state index contributed by atoms with van der Waals surface area (Å²) in [6, 6.07) is -0.901. The molecular formula is C9H15N3O2. The first kappa shape index (κ1) is 12.5. The Bertz CT molecular complexity index is 272. The Kier molecular flexibility index (Phi) is 6.16. The fraction of sp³-hybridized carbons (Fsp3) is 0.556. The van der Waals surface area contributed by atoms with Crippen LogP contribution in [0.4, 0.5) is 0 Å². The molecule has 0 aromatic heterocycles. The fourth-order valence-corrected chi connectivity index (χ4v) is 0.646. The second-order valence-corrected chi connectivity index (χ2v) is 2.78. The highest BCUT2D eigenvalue weighted by atomic mass is 16.4. The molecule has 0 rings (SSSR count). The molecule has 0 aromatic rings. The largest absolute Gasteiger partial charge is 0.480 e. The third-order valence-corrected chi connectivity index (χ3v) is 1.36. The SMILES string of the molecule is CC(N)=NCCC#CCC(N)C(=O)O. The Labute approximate surface area is 83.2 Å². The van der Waals surface area contributed by atoms with Gasteiger partial charge in [-0.2, -0.15) is 0 Å². The minimum absolute atomic E-state index is 0.167. The van der Waals surface area contributed by atoms with Crippen molar-refractivity contribution in [2.45, 2.75) is 25.8 Å². The van der Waals surface area contributed by atoms with Crippen molar-refractivity contribution in [2.75, 3.05) is 6.54 Å². The van der Waals surface area contributed by atoms with Crippen molar-refractivity contribution in [3.8, 4) is 11.8 Å². The summed E-state index contributed by atoms with van der Waals surface area (Å²) in [6.07, 6.45) is 0.738. The van der Waals surface area contributed by atoms with Crippen LogP contribution < -0.4 is 11.5 Å². The molecule has 0 aromatic carbocycles. The number of aliphatic carboxylic acids is 1. The smallest absolute Gasteiger partial charge is 0.321 e. The lowest BCUT2D eigenvalue weighted by atomic mass is 10.2. The van der Waals surface area contributed by atoms with Gasteiger partial charge in [0.05, 0.1) is 12.4 Å². The van der Waals surface area contributed by atoms with E-state index in [0.717, 1.165) is 0 Å². The maximum atomic E-state index is 10.3. The Hall–Kier alpha value is -1.54. The minimum Gasteiger partial charge on any atom is -0.480 e. The monoisotopic (exact) mass is 197 g/mol. The molecule has 5 nitrogen and oxygen atoms in total. The molecule has 0 aliphatic rings. The van der Waals surface area contributed by atoms with Gasteiger partial charge in [0.25, 0.3) is 0 Å². The van der Waals surface area contributed by atoms with Gasteiger partial charge in [-0.3, -0.25) is 9.79 Å². The Balaban J connectivity index is 3.64. The van der Waals surface area contributed by atoms with Crippen LogP contribution in [0.25, 0.3) is 0 Å². The molecule has 0 aliphatic heterocycles. The van der Waals surface area contributed by atoms with E-state index in [0.29, 0.717) is 18.8 Å². The second-order valence-electron chi connectivity index (χ2n) is 2.78. The third-order valence-electron chi connectivity index (χ3n) is 1.36. The van der Waals surface area contributed by atoms with Crippen molar-refractivity contribution in [1.82, 2.24) is 0 Å². The van der Waals surface area contributed by atoms with Crippen LogP contribution in [-0.2, 0) is 4.79 Å². The van der Waals surface area contributed by atoms with Gasteiger partial charge in [0, 0.05) is 12.8 Å². The molecule has 14 heavy (non-hydrogen) atoms. The van der Waals surface area contributed by atoms with Crippen molar-refractivity contribution in [3.63, 3.8) is 0 Å². The number of rotatable bonds is 4. The summed E-state index contributed by atoms with van der Waals surface area (Å²) in [7, 11) is 0. The summed E-state index contributed by atoms with van der Waals surface area (Å²) in [6.45, 7) is 2.24. The summed E-state index contributed by atoms with van der Waals surface area (Å²) < 4.78 is 0. The quantitative estimate of drug-likeness (QED) is 0.246. The van der Waals surface area contributed by atoms with Gasteiger partial charge < -0.3 is 16.6 Å². The standard InChI is InChI=1S/C9H15N3O2/c1-7(10)12-6-4-2-3-5-8(11)9(13)14/h8H,4-6,11H2,1H3,(H2,10,12)(H,13,14). The molecular weight excluding hydrogens is 182 g/mol. The molecule has 1 unspecified atom stereocenters. The molecule has 0 amide bonds. The van der Waals surface area contributed by atoms with Gasteiger partial charge in [0.2, 0.25) is 0 Å². The molecule has 0 saturated carbocycles. The van der Waals surface area contributed by atoms with Gasteiger partial charge in [-0.25, -0.2) is 0 Å². The van der Waals surface area contributed by atoms with E-state index in [4.69, 9.17) is 16.6 Å². The van der Waals surface area contributed by atoms with Gasteiger partial charge >= 0.3 is 5.97 Å². The van der Waals surface area contributed by atoms with E-state index in [2.05, 4.69) is 16.8 Å². The normalized spacial score (nSPS) is 12.9. The maximum Gasteiger partial charge on any atom is 0.321 e. The molecule has 0 saturated heterocycles.